The number of anilines is 2. The smallest absolute Gasteiger partial charge is 0.282 e. The topological polar surface area (TPSA) is 67.9 Å². The van der Waals surface area contributed by atoms with E-state index in [9.17, 15) is 9.59 Å². The Hall–Kier alpha value is -4.06. The lowest BCUT2D eigenvalue weighted by Crippen LogP contribution is -2.32. The number of benzene rings is 3. The number of hydrogen-bond donors (Lipinski definition) is 1. The number of carbonyl (C=O) groups is 2. The van der Waals surface area contributed by atoms with Gasteiger partial charge in [-0.15, -0.1) is 0 Å². The first kappa shape index (κ1) is 20.2. The van der Waals surface area contributed by atoms with Crippen LogP contribution in [0.15, 0.2) is 78.5 Å². The molecule has 0 saturated carbocycles. The van der Waals surface area contributed by atoms with Crippen molar-refractivity contribution in [3.63, 3.8) is 0 Å². The van der Waals surface area contributed by atoms with Crippen molar-refractivity contribution in [3.05, 3.63) is 89.6 Å². The second-order valence-corrected chi connectivity index (χ2v) is 7.06. The molecule has 1 aliphatic heterocycles. The molecule has 4 rings (SSSR count). The van der Waals surface area contributed by atoms with Gasteiger partial charge in [0.1, 0.15) is 17.2 Å². The number of nitrogens with zero attached hydrogens (tertiary/aromatic N) is 1. The molecule has 0 aliphatic carbocycles. The van der Waals surface area contributed by atoms with Crippen LogP contribution in [-0.2, 0) is 9.59 Å². The Labute approximate surface area is 180 Å². The van der Waals surface area contributed by atoms with E-state index in [1.165, 1.54) is 4.90 Å². The quantitative estimate of drug-likeness (QED) is 0.605. The normalized spacial score (nSPS) is 13.6. The molecule has 0 radical (unpaired) electrons. The second kappa shape index (κ2) is 8.36. The fraction of sp³-hybridized carbons (Fsp3) is 0.120. The van der Waals surface area contributed by atoms with Crippen LogP contribution in [0.5, 0.6) is 11.5 Å². The Kier molecular flexibility index (Phi) is 5.45. The first-order chi connectivity index (χ1) is 15.0. The van der Waals surface area contributed by atoms with E-state index in [0.29, 0.717) is 28.3 Å². The zero-order chi connectivity index (χ0) is 22.0. The van der Waals surface area contributed by atoms with Crippen molar-refractivity contribution in [1.29, 1.82) is 0 Å². The van der Waals surface area contributed by atoms with Crippen molar-refractivity contribution in [1.82, 2.24) is 0 Å². The highest BCUT2D eigenvalue weighted by Crippen LogP contribution is 2.35. The standard InChI is InChI=1S/C25H22N2O4/c1-16-6-4-5-7-21(16)26-23-22(17-8-12-19(30-2)13-9-17)24(28)27(25(23)29)18-10-14-20(31-3)15-11-18/h4-15,26H,1-3H3. The van der Waals surface area contributed by atoms with Gasteiger partial charge in [-0.2, -0.15) is 0 Å². The molecular formula is C25H22N2O4. The van der Waals surface area contributed by atoms with Crippen LogP contribution in [0.25, 0.3) is 5.57 Å². The molecule has 0 atom stereocenters. The number of methoxy groups -OCH3 is 2. The molecule has 156 valence electrons. The Bertz CT molecular complexity index is 1160. The first-order valence-electron chi connectivity index (χ1n) is 9.77. The molecule has 0 fully saturated rings. The Balaban J connectivity index is 1.80. The van der Waals surface area contributed by atoms with E-state index in [-0.39, 0.29) is 5.70 Å². The number of aryl methyl sites for hydroxylation is 1. The molecule has 0 bridgehead atoms. The third-order valence-corrected chi connectivity index (χ3v) is 5.20. The van der Waals surface area contributed by atoms with Gasteiger partial charge in [0.05, 0.1) is 25.5 Å². The summed E-state index contributed by atoms with van der Waals surface area (Å²) < 4.78 is 10.4. The molecular weight excluding hydrogens is 392 g/mol. The molecule has 0 spiro atoms. The van der Waals surface area contributed by atoms with Crippen molar-refractivity contribution < 1.29 is 19.1 Å². The van der Waals surface area contributed by atoms with E-state index in [2.05, 4.69) is 5.32 Å². The van der Waals surface area contributed by atoms with Gasteiger partial charge in [0.2, 0.25) is 0 Å². The van der Waals surface area contributed by atoms with E-state index >= 15 is 0 Å². The zero-order valence-electron chi connectivity index (χ0n) is 17.5. The number of ether oxygens (including phenoxy) is 2. The van der Waals surface area contributed by atoms with Gasteiger partial charge in [-0.3, -0.25) is 9.59 Å². The zero-order valence-corrected chi connectivity index (χ0v) is 17.5. The molecule has 6 nitrogen and oxygen atoms in total. The lowest BCUT2D eigenvalue weighted by atomic mass is 10.0. The van der Waals surface area contributed by atoms with Gasteiger partial charge >= 0.3 is 0 Å². The van der Waals surface area contributed by atoms with Crippen molar-refractivity contribution >= 4 is 28.8 Å². The number of rotatable bonds is 6. The van der Waals surface area contributed by atoms with Gasteiger partial charge in [-0.1, -0.05) is 30.3 Å². The van der Waals surface area contributed by atoms with Crippen molar-refractivity contribution in [3.8, 4) is 11.5 Å². The molecule has 1 heterocycles. The van der Waals surface area contributed by atoms with Crippen LogP contribution in [0.2, 0.25) is 0 Å². The predicted molar refractivity (Wildman–Crippen MR) is 120 cm³/mol. The van der Waals surface area contributed by atoms with E-state index in [1.54, 1.807) is 62.8 Å². The molecule has 6 heteroatoms. The summed E-state index contributed by atoms with van der Waals surface area (Å²) in [6.07, 6.45) is 0. The Morgan fingerprint density at radius 2 is 1.32 bits per heavy atom. The van der Waals surface area contributed by atoms with Gasteiger partial charge in [-0.05, 0) is 60.5 Å². The summed E-state index contributed by atoms with van der Waals surface area (Å²) in [6.45, 7) is 1.94. The fourth-order valence-electron chi connectivity index (χ4n) is 3.48. The minimum absolute atomic E-state index is 0.236. The molecule has 1 N–H and O–H groups in total. The molecule has 31 heavy (non-hydrogen) atoms. The van der Waals surface area contributed by atoms with Crippen molar-refractivity contribution in [2.75, 3.05) is 24.4 Å². The summed E-state index contributed by atoms with van der Waals surface area (Å²) >= 11 is 0. The van der Waals surface area contributed by atoms with Gasteiger partial charge in [0.15, 0.2) is 0 Å². The Morgan fingerprint density at radius 1 is 0.742 bits per heavy atom. The molecule has 2 amide bonds. The third kappa shape index (κ3) is 3.75. The minimum atomic E-state index is -0.413. The highest BCUT2D eigenvalue weighted by molar-refractivity contribution is 6.46. The van der Waals surface area contributed by atoms with Crippen LogP contribution in [0.4, 0.5) is 11.4 Å². The molecule has 0 unspecified atom stereocenters. The van der Waals surface area contributed by atoms with Crippen molar-refractivity contribution in [2.24, 2.45) is 0 Å². The summed E-state index contributed by atoms with van der Waals surface area (Å²) in [4.78, 5) is 28.1. The number of carbonyl (C=O) groups excluding carboxylic acids is 2. The molecule has 3 aromatic rings. The highest BCUT2D eigenvalue weighted by atomic mass is 16.5. The monoisotopic (exact) mass is 414 g/mol. The molecule has 0 aromatic heterocycles. The maximum absolute atomic E-state index is 13.5. The number of imide groups is 1. The van der Waals surface area contributed by atoms with Gasteiger partial charge in [0, 0.05) is 5.69 Å². The van der Waals surface area contributed by atoms with Gasteiger partial charge in [0.25, 0.3) is 11.8 Å². The van der Waals surface area contributed by atoms with E-state index in [1.807, 2.05) is 31.2 Å². The van der Waals surface area contributed by atoms with Crippen LogP contribution in [-0.4, -0.2) is 26.0 Å². The van der Waals surface area contributed by atoms with Crippen LogP contribution >= 0.6 is 0 Å². The van der Waals surface area contributed by atoms with Crippen LogP contribution in [0.3, 0.4) is 0 Å². The largest absolute Gasteiger partial charge is 0.497 e. The predicted octanol–water partition coefficient (Wildman–Crippen LogP) is 4.41. The highest BCUT2D eigenvalue weighted by Gasteiger charge is 2.40. The van der Waals surface area contributed by atoms with Crippen molar-refractivity contribution in [2.45, 2.75) is 6.92 Å². The lowest BCUT2D eigenvalue weighted by Gasteiger charge is -2.16. The summed E-state index contributed by atoms with van der Waals surface area (Å²) in [5.74, 6) is 0.506. The molecule has 3 aromatic carbocycles. The average molecular weight is 414 g/mol. The lowest BCUT2D eigenvalue weighted by molar-refractivity contribution is -0.120. The van der Waals surface area contributed by atoms with E-state index < -0.39 is 11.8 Å². The van der Waals surface area contributed by atoms with Gasteiger partial charge < -0.3 is 14.8 Å². The van der Waals surface area contributed by atoms with Gasteiger partial charge in [-0.25, -0.2) is 4.90 Å². The van der Waals surface area contributed by atoms with E-state index in [0.717, 1.165) is 11.3 Å². The van der Waals surface area contributed by atoms with Crippen LogP contribution in [0, 0.1) is 6.92 Å². The van der Waals surface area contributed by atoms with Crippen LogP contribution < -0.4 is 19.7 Å². The fourth-order valence-corrected chi connectivity index (χ4v) is 3.48. The van der Waals surface area contributed by atoms with Crippen LogP contribution in [0.1, 0.15) is 11.1 Å². The summed E-state index contributed by atoms with van der Waals surface area (Å²) in [6, 6.07) is 21.5. The number of nitrogens with one attached hydrogen (secondary N) is 1. The maximum Gasteiger partial charge on any atom is 0.282 e. The molecule has 1 aliphatic rings. The number of hydrogen-bond acceptors (Lipinski definition) is 5. The average Bonchev–Trinajstić information content (AvgIpc) is 3.04. The molecule has 0 saturated heterocycles. The second-order valence-electron chi connectivity index (χ2n) is 7.06. The minimum Gasteiger partial charge on any atom is -0.497 e. The third-order valence-electron chi connectivity index (χ3n) is 5.20. The first-order valence-corrected chi connectivity index (χ1v) is 9.77. The maximum atomic E-state index is 13.5. The number of amides is 2. The number of para-hydroxylation sites is 1. The SMILES string of the molecule is COc1ccc(C2=C(Nc3ccccc3C)C(=O)N(c3ccc(OC)cc3)C2=O)cc1. The summed E-state index contributed by atoms with van der Waals surface area (Å²) in [7, 11) is 3.14. The summed E-state index contributed by atoms with van der Waals surface area (Å²) in [5.41, 5.74) is 3.38. The summed E-state index contributed by atoms with van der Waals surface area (Å²) in [5, 5.41) is 3.20. The Morgan fingerprint density at radius 3 is 1.90 bits per heavy atom. The van der Waals surface area contributed by atoms with E-state index in [4.69, 9.17) is 9.47 Å².